The van der Waals surface area contributed by atoms with Crippen molar-refractivity contribution in [1.82, 2.24) is 20.4 Å². The van der Waals surface area contributed by atoms with Gasteiger partial charge in [0, 0.05) is 31.0 Å². The van der Waals surface area contributed by atoms with Crippen LogP contribution in [0.5, 0.6) is 0 Å². The molecule has 0 aliphatic carbocycles. The lowest BCUT2D eigenvalue weighted by Crippen LogP contribution is -2.40. The molecule has 0 spiro atoms. The van der Waals surface area contributed by atoms with Gasteiger partial charge in [-0.3, -0.25) is 9.69 Å². The molecule has 2 heterocycles. The molecule has 1 amide bonds. The number of nitrogens with one attached hydrogen (secondary N) is 1. The number of likely N-dealkylation sites (tertiary alicyclic amines) is 1. The van der Waals surface area contributed by atoms with Crippen LogP contribution in [0, 0.1) is 6.92 Å². The van der Waals surface area contributed by atoms with Gasteiger partial charge in [-0.25, -0.2) is 0 Å². The summed E-state index contributed by atoms with van der Waals surface area (Å²) in [5.41, 5.74) is 2.08. The van der Waals surface area contributed by atoms with E-state index in [1.807, 2.05) is 31.2 Å². The van der Waals surface area contributed by atoms with Gasteiger partial charge in [-0.2, -0.15) is 0 Å². The van der Waals surface area contributed by atoms with Crippen molar-refractivity contribution >= 4 is 5.91 Å². The fourth-order valence-corrected chi connectivity index (χ4v) is 3.05. The molecule has 0 saturated carbocycles. The molecule has 1 aliphatic rings. The summed E-state index contributed by atoms with van der Waals surface area (Å²) < 4.78 is 5.66. The highest BCUT2D eigenvalue weighted by molar-refractivity contribution is 5.76. The van der Waals surface area contributed by atoms with Gasteiger partial charge in [-0.1, -0.05) is 17.7 Å². The molecule has 1 aromatic carbocycles. The first-order chi connectivity index (χ1) is 12.1. The number of hydrogen-bond acceptors (Lipinski definition) is 5. The van der Waals surface area contributed by atoms with Crippen LogP contribution in [0.25, 0.3) is 11.5 Å². The van der Waals surface area contributed by atoms with E-state index in [0.717, 1.165) is 18.7 Å². The van der Waals surface area contributed by atoms with Crippen LogP contribution in [-0.4, -0.2) is 46.7 Å². The molecule has 1 saturated heterocycles. The number of carbonyl (C=O) groups excluding carboxylic acids is 1. The highest BCUT2D eigenvalue weighted by Crippen LogP contribution is 2.18. The Labute approximate surface area is 148 Å². The minimum absolute atomic E-state index is 0.0288. The maximum atomic E-state index is 12.0. The van der Waals surface area contributed by atoms with Crippen LogP contribution in [-0.2, 0) is 11.2 Å². The lowest BCUT2D eigenvalue weighted by atomic mass is 10.1. The Balaban J connectivity index is 1.43. The van der Waals surface area contributed by atoms with E-state index in [1.54, 1.807) is 0 Å². The van der Waals surface area contributed by atoms with Gasteiger partial charge in [0.25, 0.3) is 0 Å². The molecular weight excluding hydrogens is 316 g/mol. The highest BCUT2D eigenvalue weighted by Gasteiger charge is 2.18. The monoisotopic (exact) mass is 342 g/mol. The Morgan fingerprint density at radius 3 is 2.68 bits per heavy atom. The molecule has 1 atom stereocenters. The van der Waals surface area contributed by atoms with Gasteiger partial charge in [-0.05, 0) is 51.9 Å². The molecule has 0 radical (unpaired) electrons. The lowest BCUT2D eigenvalue weighted by molar-refractivity contribution is -0.121. The van der Waals surface area contributed by atoms with Crippen LogP contribution in [0.3, 0.4) is 0 Å². The summed E-state index contributed by atoms with van der Waals surface area (Å²) in [5.74, 6) is 1.03. The number of aromatic nitrogens is 2. The van der Waals surface area contributed by atoms with Crippen molar-refractivity contribution in [3.05, 3.63) is 35.7 Å². The van der Waals surface area contributed by atoms with Crippen molar-refractivity contribution in [2.24, 2.45) is 0 Å². The van der Waals surface area contributed by atoms with E-state index < -0.39 is 0 Å². The molecule has 1 N–H and O–H groups in total. The lowest BCUT2D eigenvalue weighted by Gasteiger charge is -2.23. The van der Waals surface area contributed by atoms with E-state index in [0.29, 0.717) is 37.2 Å². The maximum Gasteiger partial charge on any atom is 0.247 e. The van der Waals surface area contributed by atoms with E-state index >= 15 is 0 Å². The Hall–Kier alpha value is -2.21. The summed E-state index contributed by atoms with van der Waals surface area (Å²) in [6.45, 7) is 7.17. The molecule has 1 aromatic heterocycles. The first-order valence-corrected chi connectivity index (χ1v) is 9.02. The van der Waals surface area contributed by atoms with Crippen molar-refractivity contribution in [2.75, 3.05) is 19.6 Å². The predicted octanol–water partition coefficient (Wildman–Crippen LogP) is 2.58. The van der Waals surface area contributed by atoms with Crippen molar-refractivity contribution in [2.45, 2.75) is 45.6 Å². The topological polar surface area (TPSA) is 71.3 Å². The minimum Gasteiger partial charge on any atom is -0.421 e. The summed E-state index contributed by atoms with van der Waals surface area (Å²) >= 11 is 0. The average molecular weight is 342 g/mol. The van der Waals surface area contributed by atoms with Crippen molar-refractivity contribution in [3.8, 4) is 11.5 Å². The van der Waals surface area contributed by atoms with Gasteiger partial charge in [0.2, 0.25) is 17.7 Å². The molecule has 1 unspecified atom stereocenters. The molecule has 1 aliphatic heterocycles. The van der Waals surface area contributed by atoms with E-state index in [9.17, 15) is 4.79 Å². The van der Waals surface area contributed by atoms with Crippen molar-refractivity contribution in [3.63, 3.8) is 0 Å². The number of benzene rings is 1. The fraction of sp³-hybridized carbons (Fsp3) is 0.526. The van der Waals surface area contributed by atoms with Crippen molar-refractivity contribution < 1.29 is 9.21 Å². The van der Waals surface area contributed by atoms with Crippen LogP contribution in [0.1, 0.15) is 37.6 Å². The van der Waals surface area contributed by atoms with Crippen LogP contribution in [0.4, 0.5) is 0 Å². The van der Waals surface area contributed by atoms with Crippen LogP contribution in [0.2, 0.25) is 0 Å². The van der Waals surface area contributed by atoms with Gasteiger partial charge < -0.3 is 9.73 Å². The zero-order valence-corrected chi connectivity index (χ0v) is 15.0. The molecule has 25 heavy (non-hydrogen) atoms. The number of amides is 1. The van der Waals surface area contributed by atoms with E-state index in [2.05, 4.69) is 27.3 Å². The van der Waals surface area contributed by atoms with Gasteiger partial charge in [0.15, 0.2) is 0 Å². The normalized spacial score (nSPS) is 16.1. The van der Waals surface area contributed by atoms with Crippen molar-refractivity contribution in [1.29, 1.82) is 0 Å². The Bertz CT molecular complexity index is 690. The number of carbonyl (C=O) groups is 1. The maximum absolute atomic E-state index is 12.0. The summed E-state index contributed by atoms with van der Waals surface area (Å²) in [6.07, 6.45) is 3.35. The van der Waals surface area contributed by atoms with Gasteiger partial charge in [0.05, 0.1) is 0 Å². The first kappa shape index (κ1) is 17.6. The molecule has 3 rings (SSSR count). The third-order valence-electron chi connectivity index (χ3n) is 4.69. The number of rotatable bonds is 7. The molecule has 6 nitrogen and oxygen atoms in total. The zero-order valence-electron chi connectivity index (χ0n) is 15.0. The van der Waals surface area contributed by atoms with E-state index in [4.69, 9.17) is 4.42 Å². The van der Waals surface area contributed by atoms with Crippen LogP contribution in [0.15, 0.2) is 28.7 Å². The second kappa shape index (κ2) is 8.25. The molecule has 134 valence electrons. The van der Waals surface area contributed by atoms with E-state index in [1.165, 1.54) is 18.4 Å². The third kappa shape index (κ3) is 4.89. The number of hydrogen-bond donors (Lipinski definition) is 1. The smallest absolute Gasteiger partial charge is 0.247 e. The largest absolute Gasteiger partial charge is 0.421 e. The summed E-state index contributed by atoms with van der Waals surface area (Å²) in [7, 11) is 0. The first-order valence-electron chi connectivity index (χ1n) is 9.02. The summed E-state index contributed by atoms with van der Waals surface area (Å²) in [5, 5.41) is 11.1. The van der Waals surface area contributed by atoms with Gasteiger partial charge in [0.1, 0.15) is 0 Å². The fourth-order valence-electron chi connectivity index (χ4n) is 3.05. The summed E-state index contributed by atoms with van der Waals surface area (Å²) in [4.78, 5) is 14.5. The molecule has 1 fully saturated rings. The zero-order chi connectivity index (χ0) is 17.6. The molecule has 0 bridgehead atoms. The molecule has 6 heteroatoms. The SMILES string of the molecule is Cc1ccc(-c2nnc(CCC(=O)NCC(C)N3CCCC3)o2)cc1. The Morgan fingerprint density at radius 2 is 1.96 bits per heavy atom. The minimum atomic E-state index is 0.0288. The second-order valence-electron chi connectivity index (χ2n) is 6.76. The Kier molecular flexibility index (Phi) is 5.81. The predicted molar refractivity (Wildman–Crippen MR) is 96.1 cm³/mol. The Morgan fingerprint density at radius 1 is 1.24 bits per heavy atom. The van der Waals surface area contributed by atoms with E-state index in [-0.39, 0.29) is 5.91 Å². The average Bonchev–Trinajstić information content (AvgIpc) is 3.30. The second-order valence-corrected chi connectivity index (χ2v) is 6.76. The highest BCUT2D eigenvalue weighted by atomic mass is 16.4. The number of nitrogens with zero attached hydrogens (tertiary/aromatic N) is 3. The quantitative estimate of drug-likeness (QED) is 0.837. The van der Waals surface area contributed by atoms with Crippen LogP contribution >= 0.6 is 0 Å². The van der Waals surface area contributed by atoms with Crippen LogP contribution < -0.4 is 5.32 Å². The third-order valence-corrected chi connectivity index (χ3v) is 4.69. The molecule has 2 aromatic rings. The van der Waals surface area contributed by atoms with Gasteiger partial charge in [-0.15, -0.1) is 10.2 Å². The molecular formula is C19H26N4O2. The standard InChI is InChI=1S/C19H26N4O2/c1-14-5-7-16(8-6-14)19-22-21-18(25-19)10-9-17(24)20-13-15(2)23-11-3-4-12-23/h5-8,15H,3-4,9-13H2,1-2H3,(H,20,24). The number of aryl methyl sites for hydroxylation is 2. The van der Waals surface area contributed by atoms with Gasteiger partial charge >= 0.3 is 0 Å². The summed E-state index contributed by atoms with van der Waals surface area (Å²) in [6, 6.07) is 8.32.